The highest BCUT2D eigenvalue weighted by atomic mass is 32.2. The van der Waals surface area contributed by atoms with Crippen LogP contribution in [0.2, 0.25) is 0 Å². The first-order valence-corrected chi connectivity index (χ1v) is 6.29. The molecule has 0 amide bonds. The Bertz CT molecular complexity index is 361. The third-order valence-corrected chi connectivity index (χ3v) is 3.15. The standard InChI is InChI=1S/C9H15F3O4S/c1-4-8(13)5-6(2)7(3)16-17(14,15)9(10,11)12/h6,8,13H,3-5H2,1-2H3/t6?,8-/m1/s1. The Morgan fingerprint density at radius 3 is 2.29 bits per heavy atom. The summed E-state index contributed by atoms with van der Waals surface area (Å²) in [5.74, 6) is -1.23. The third kappa shape index (κ3) is 4.95. The van der Waals surface area contributed by atoms with Crippen LogP contribution >= 0.6 is 0 Å². The van der Waals surface area contributed by atoms with Gasteiger partial charge in [0, 0.05) is 5.92 Å². The van der Waals surface area contributed by atoms with Crippen molar-refractivity contribution in [3.8, 4) is 0 Å². The van der Waals surface area contributed by atoms with E-state index in [1.165, 1.54) is 6.92 Å². The Balaban J connectivity index is 4.56. The minimum absolute atomic E-state index is 0.0860. The first-order chi connectivity index (χ1) is 7.51. The fourth-order valence-corrected chi connectivity index (χ4v) is 1.52. The summed E-state index contributed by atoms with van der Waals surface area (Å²) in [6, 6.07) is 0. The number of aliphatic hydroxyl groups excluding tert-OH is 1. The van der Waals surface area contributed by atoms with E-state index >= 15 is 0 Å². The number of hydrogen-bond donors (Lipinski definition) is 1. The van der Waals surface area contributed by atoms with Crippen molar-refractivity contribution in [3.63, 3.8) is 0 Å². The second kappa shape index (κ2) is 5.72. The molecule has 0 aromatic heterocycles. The fourth-order valence-electron chi connectivity index (χ4n) is 0.977. The summed E-state index contributed by atoms with van der Waals surface area (Å²) in [6.45, 7) is 6.24. The Morgan fingerprint density at radius 1 is 1.47 bits per heavy atom. The van der Waals surface area contributed by atoms with Gasteiger partial charge in [0.15, 0.2) is 0 Å². The predicted molar refractivity (Wildman–Crippen MR) is 55.3 cm³/mol. The average Bonchev–Trinajstić information content (AvgIpc) is 2.14. The van der Waals surface area contributed by atoms with E-state index in [4.69, 9.17) is 0 Å². The summed E-state index contributed by atoms with van der Waals surface area (Å²) in [7, 11) is -5.67. The van der Waals surface area contributed by atoms with Crippen molar-refractivity contribution in [3.05, 3.63) is 12.3 Å². The van der Waals surface area contributed by atoms with E-state index in [1.54, 1.807) is 6.92 Å². The molecule has 8 heteroatoms. The van der Waals surface area contributed by atoms with Gasteiger partial charge in [-0.2, -0.15) is 21.6 Å². The maximum atomic E-state index is 12.0. The van der Waals surface area contributed by atoms with Crippen LogP contribution in [0.4, 0.5) is 13.2 Å². The fraction of sp³-hybridized carbons (Fsp3) is 0.778. The normalized spacial score (nSPS) is 16.4. The minimum atomic E-state index is -5.67. The van der Waals surface area contributed by atoms with Crippen LogP contribution in [0.3, 0.4) is 0 Å². The molecule has 0 aromatic rings. The zero-order valence-electron chi connectivity index (χ0n) is 9.49. The number of aliphatic hydroxyl groups is 1. The zero-order chi connectivity index (χ0) is 13.9. The molecule has 0 aliphatic rings. The molecule has 1 N–H and O–H groups in total. The monoisotopic (exact) mass is 276 g/mol. The molecule has 0 bridgehead atoms. The third-order valence-electron chi connectivity index (χ3n) is 2.15. The molecule has 0 aliphatic heterocycles. The molecule has 1 unspecified atom stereocenters. The van der Waals surface area contributed by atoms with Gasteiger partial charge in [0.25, 0.3) is 0 Å². The molecule has 0 heterocycles. The molecule has 0 saturated carbocycles. The number of rotatable bonds is 6. The molecule has 0 spiro atoms. The first-order valence-electron chi connectivity index (χ1n) is 4.88. The lowest BCUT2D eigenvalue weighted by Crippen LogP contribution is -2.26. The van der Waals surface area contributed by atoms with E-state index in [2.05, 4.69) is 10.8 Å². The van der Waals surface area contributed by atoms with Crippen LogP contribution in [0, 0.1) is 5.92 Å². The second-order valence-electron chi connectivity index (χ2n) is 3.65. The van der Waals surface area contributed by atoms with Gasteiger partial charge in [0.2, 0.25) is 0 Å². The average molecular weight is 276 g/mol. The van der Waals surface area contributed by atoms with Gasteiger partial charge in [-0.05, 0) is 12.8 Å². The Labute approximate surface area is 98.2 Å². The Hall–Kier alpha value is -0.760. The van der Waals surface area contributed by atoms with Gasteiger partial charge in [0.1, 0.15) is 5.76 Å². The van der Waals surface area contributed by atoms with Crippen molar-refractivity contribution in [2.75, 3.05) is 0 Å². The van der Waals surface area contributed by atoms with Gasteiger partial charge in [-0.1, -0.05) is 20.4 Å². The lowest BCUT2D eigenvalue weighted by molar-refractivity contribution is -0.0527. The molecule has 0 radical (unpaired) electrons. The lowest BCUT2D eigenvalue weighted by Gasteiger charge is -2.18. The van der Waals surface area contributed by atoms with Crippen LogP contribution in [0.15, 0.2) is 12.3 Å². The van der Waals surface area contributed by atoms with Crippen molar-refractivity contribution < 1.29 is 30.9 Å². The summed E-state index contributed by atoms with van der Waals surface area (Å²) in [6.07, 6.45) is -0.245. The van der Waals surface area contributed by atoms with E-state index in [0.29, 0.717) is 6.42 Å². The van der Waals surface area contributed by atoms with Crippen molar-refractivity contribution in [1.82, 2.24) is 0 Å². The van der Waals surface area contributed by atoms with E-state index in [0.717, 1.165) is 0 Å². The highest BCUT2D eigenvalue weighted by molar-refractivity contribution is 7.87. The SMILES string of the molecule is C=C(OS(=O)(=O)C(F)(F)F)C(C)C[C@H](O)CC. The van der Waals surface area contributed by atoms with Crippen LogP contribution in [-0.4, -0.2) is 25.1 Å². The van der Waals surface area contributed by atoms with E-state index in [9.17, 15) is 26.7 Å². The van der Waals surface area contributed by atoms with Crippen LogP contribution in [0.25, 0.3) is 0 Å². The van der Waals surface area contributed by atoms with Crippen molar-refractivity contribution in [2.24, 2.45) is 5.92 Å². The maximum absolute atomic E-state index is 12.0. The zero-order valence-corrected chi connectivity index (χ0v) is 10.3. The van der Waals surface area contributed by atoms with Gasteiger partial charge in [-0.25, -0.2) is 0 Å². The minimum Gasteiger partial charge on any atom is -0.393 e. The summed E-state index contributed by atoms with van der Waals surface area (Å²) in [5.41, 5.74) is -5.47. The molecule has 17 heavy (non-hydrogen) atoms. The van der Waals surface area contributed by atoms with E-state index in [-0.39, 0.29) is 6.42 Å². The van der Waals surface area contributed by atoms with Crippen LogP contribution in [0.1, 0.15) is 26.7 Å². The number of alkyl halides is 3. The van der Waals surface area contributed by atoms with Gasteiger partial charge < -0.3 is 9.29 Å². The van der Waals surface area contributed by atoms with E-state index in [1.807, 2.05) is 0 Å². The quantitative estimate of drug-likeness (QED) is 0.459. The number of hydrogen-bond acceptors (Lipinski definition) is 4. The summed E-state index contributed by atoms with van der Waals surface area (Å²) < 4.78 is 61.1. The van der Waals surface area contributed by atoms with Gasteiger partial charge in [-0.15, -0.1) is 0 Å². The van der Waals surface area contributed by atoms with Gasteiger partial charge in [0.05, 0.1) is 6.10 Å². The van der Waals surface area contributed by atoms with Gasteiger partial charge in [-0.3, -0.25) is 0 Å². The highest BCUT2D eigenvalue weighted by Crippen LogP contribution is 2.29. The summed E-state index contributed by atoms with van der Waals surface area (Å²) in [5, 5.41) is 9.27. The molecule has 4 nitrogen and oxygen atoms in total. The smallest absolute Gasteiger partial charge is 0.393 e. The number of halogens is 3. The van der Waals surface area contributed by atoms with Crippen LogP contribution in [-0.2, 0) is 14.3 Å². The molecular formula is C9H15F3O4S. The molecule has 0 fully saturated rings. The maximum Gasteiger partial charge on any atom is 0.534 e. The molecule has 0 saturated heterocycles. The van der Waals surface area contributed by atoms with Crippen molar-refractivity contribution in [1.29, 1.82) is 0 Å². The Kier molecular flexibility index (Phi) is 5.47. The van der Waals surface area contributed by atoms with Crippen molar-refractivity contribution >= 4 is 10.1 Å². The molecule has 2 atom stereocenters. The van der Waals surface area contributed by atoms with Crippen molar-refractivity contribution in [2.45, 2.75) is 38.3 Å². The largest absolute Gasteiger partial charge is 0.534 e. The number of allylic oxidation sites excluding steroid dienone is 1. The first kappa shape index (κ1) is 16.2. The molecular weight excluding hydrogens is 261 g/mol. The second-order valence-corrected chi connectivity index (χ2v) is 5.19. The van der Waals surface area contributed by atoms with Crippen LogP contribution < -0.4 is 0 Å². The topological polar surface area (TPSA) is 63.6 Å². The Morgan fingerprint density at radius 2 is 1.94 bits per heavy atom. The predicted octanol–water partition coefficient (Wildman–Crippen LogP) is 2.16. The molecule has 0 aliphatic carbocycles. The summed E-state index contributed by atoms with van der Waals surface area (Å²) in [4.78, 5) is 0. The van der Waals surface area contributed by atoms with E-state index < -0.39 is 33.4 Å². The summed E-state index contributed by atoms with van der Waals surface area (Å²) >= 11 is 0. The molecule has 0 aromatic carbocycles. The lowest BCUT2D eigenvalue weighted by atomic mass is 10.0. The van der Waals surface area contributed by atoms with Gasteiger partial charge >= 0.3 is 15.6 Å². The molecule has 0 rings (SSSR count). The van der Waals surface area contributed by atoms with Crippen LogP contribution in [0.5, 0.6) is 0 Å². The molecule has 102 valence electrons. The highest BCUT2D eigenvalue weighted by Gasteiger charge is 2.49.